The third kappa shape index (κ3) is 6.98. The second kappa shape index (κ2) is 8.74. The van der Waals surface area contributed by atoms with Gasteiger partial charge in [0, 0.05) is 18.0 Å². The van der Waals surface area contributed by atoms with Crippen LogP contribution in [-0.4, -0.2) is 47.8 Å². The second-order valence-corrected chi connectivity index (χ2v) is 9.68. The molecule has 7 heteroatoms. The fourth-order valence-electron chi connectivity index (χ4n) is 1.49. The normalized spacial score (nSPS) is 13.2. The molecule has 1 aromatic rings. The van der Waals surface area contributed by atoms with E-state index < -0.39 is 11.7 Å². The number of hydrogen-bond acceptors (Lipinski definition) is 5. The van der Waals surface area contributed by atoms with Crippen molar-refractivity contribution in [2.24, 2.45) is 0 Å². The highest BCUT2D eigenvalue weighted by atomic mass is 32.2. The molecule has 0 aliphatic rings. The monoisotopic (exact) mass is 347 g/mol. The molecule has 126 valence electrons. The Morgan fingerprint density at radius 2 is 2.14 bits per heavy atom. The van der Waals surface area contributed by atoms with Gasteiger partial charge in [-0.25, -0.2) is 14.7 Å². The minimum atomic E-state index is -0.542. The molecule has 0 aliphatic heterocycles. The van der Waals surface area contributed by atoms with Crippen LogP contribution in [0, 0.1) is 0 Å². The van der Waals surface area contributed by atoms with E-state index in [1.165, 1.54) is 16.2 Å². The van der Waals surface area contributed by atoms with E-state index in [-0.39, 0.29) is 6.73 Å². The Morgan fingerprint density at radius 1 is 1.45 bits per heavy atom. The first-order valence-corrected chi connectivity index (χ1v) is 10.2. The van der Waals surface area contributed by atoms with E-state index in [0.29, 0.717) is 27.9 Å². The highest BCUT2D eigenvalue weighted by Gasteiger charge is 2.25. The largest absolute Gasteiger partial charge is 0.443 e. The van der Waals surface area contributed by atoms with Gasteiger partial charge in [-0.05, 0) is 38.6 Å². The van der Waals surface area contributed by atoms with Gasteiger partial charge in [-0.2, -0.15) is 0 Å². The number of carbonyl (C=O) groups is 1. The van der Waals surface area contributed by atoms with Crippen molar-refractivity contribution >= 4 is 33.5 Å². The van der Waals surface area contributed by atoms with Crippen LogP contribution in [0.1, 0.15) is 34.1 Å². The molecule has 22 heavy (non-hydrogen) atoms. The van der Waals surface area contributed by atoms with Gasteiger partial charge in [0.1, 0.15) is 17.6 Å². The summed E-state index contributed by atoms with van der Waals surface area (Å²) in [6.07, 6.45) is 6.68. The van der Waals surface area contributed by atoms with Gasteiger partial charge in [-0.15, -0.1) is 11.3 Å². The average molecular weight is 348 g/mol. The molecule has 1 rings (SSSR count). The number of carbonyl (C=O) groups excluding carboxylic acids is 1. The third-order valence-corrected chi connectivity index (χ3v) is 5.60. The molecule has 1 atom stereocenters. The number of anilines is 1. The number of hydrogen-bond donors (Lipinski definition) is 0. The van der Waals surface area contributed by atoms with Crippen molar-refractivity contribution < 1.29 is 14.3 Å². The zero-order valence-electron chi connectivity index (χ0n) is 14.3. The maximum atomic E-state index is 12.3. The maximum absolute atomic E-state index is 12.3. The highest BCUT2D eigenvalue weighted by Crippen LogP contribution is 2.20. The lowest BCUT2D eigenvalue weighted by Gasteiger charge is -2.25. The smallest absolute Gasteiger partial charge is 0.418 e. The molecule has 0 unspecified atom stereocenters. The Labute approximate surface area is 140 Å². The predicted octanol–water partition coefficient (Wildman–Crippen LogP) is 3.52. The van der Waals surface area contributed by atoms with E-state index in [1.54, 1.807) is 6.20 Å². The predicted molar refractivity (Wildman–Crippen MR) is 94.9 cm³/mol. The van der Waals surface area contributed by atoms with Crippen LogP contribution in [0.5, 0.6) is 0 Å². The summed E-state index contributed by atoms with van der Waals surface area (Å²) in [5, 5.41) is 3.04. The molecular formula is C15H27N2O3S2+. The lowest BCUT2D eigenvalue weighted by molar-refractivity contribution is 0.0489. The van der Waals surface area contributed by atoms with Crippen molar-refractivity contribution in [2.45, 2.75) is 45.0 Å². The van der Waals surface area contributed by atoms with Crippen molar-refractivity contribution in [2.75, 3.05) is 30.7 Å². The van der Waals surface area contributed by atoms with E-state index in [9.17, 15) is 4.79 Å². The van der Waals surface area contributed by atoms with Gasteiger partial charge in [-0.3, -0.25) is 0 Å². The number of rotatable bonds is 7. The summed E-state index contributed by atoms with van der Waals surface area (Å²) < 4.78 is 11.1. The summed E-state index contributed by atoms with van der Waals surface area (Å²) in [6, 6.07) is 0. The first kappa shape index (κ1) is 19.3. The lowest BCUT2D eigenvalue weighted by atomic mass is 10.2. The van der Waals surface area contributed by atoms with Crippen molar-refractivity contribution in [3.8, 4) is 0 Å². The van der Waals surface area contributed by atoms with Crippen LogP contribution in [0.25, 0.3) is 0 Å². The highest BCUT2D eigenvalue weighted by molar-refractivity contribution is 7.96. The zero-order chi connectivity index (χ0) is 16.8. The quantitative estimate of drug-likeness (QED) is 0.430. The minimum Gasteiger partial charge on any atom is -0.443 e. The Bertz CT molecular complexity index is 444. The summed E-state index contributed by atoms with van der Waals surface area (Å²) in [7, 11) is 0.378. The van der Waals surface area contributed by atoms with Crippen LogP contribution in [-0.2, 0) is 20.4 Å². The molecule has 0 saturated carbocycles. The topological polar surface area (TPSA) is 51.7 Å². The number of amides is 1. The Kier molecular flexibility index (Phi) is 7.65. The number of nitrogens with zero attached hydrogens (tertiary/aromatic N) is 2. The molecule has 0 fully saturated rings. The minimum absolute atomic E-state index is 0.163. The molecule has 1 heterocycles. The zero-order valence-corrected chi connectivity index (χ0v) is 15.9. The van der Waals surface area contributed by atoms with Crippen LogP contribution in [0.4, 0.5) is 9.93 Å². The average Bonchev–Trinajstić information content (AvgIpc) is 2.89. The Hall–Kier alpha value is -0.790. The van der Waals surface area contributed by atoms with Crippen molar-refractivity contribution in [1.29, 1.82) is 0 Å². The van der Waals surface area contributed by atoms with Gasteiger partial charge >= 0.3 is 6.09 Å². The standard InChI is InChI=1S/C15H27N2O3S2/c1-12(22(5)6)7-9-19-11-17(13-16-8-10-21-13)14(18)20-15(2,3)4/h8,10,12H,7,9,11H2,1-6H3/q+1/t12-/m1/s1. The second-order valence-electron chi connectivity index (χ2n) is 6.24. The number of thiazole rings is 1. The van der Waals surface area contributed by atoms with Crippen LogP contribution in [0.2, 0.25) is 0 Å². The molecule has 0 radical (unpaired) electrons. The van der Waals surface area contributed by atoms with Crippen LogP contribution in [0.3, 0.4) is 0 Å². The molecule has 0 aromatic carbocycles. The summed E-state index contributed by atoms with van der Waals surface area (Å²) in [5.74, 6) is 0. The molecule has 0 saturated heterocycles. The summed E-state index contributed by atoms with van der Waals surface area (Å²) in [5.41, 5.74) is -0.542. The van der Waals surface area contributed by atoms with Crippen LogP contribution < -0.4 is 4.90 Å². The summed E-state index contributed by atoms with van der Waals surface area (Å²) >= 11 is 1.39. The van der Waals surface area contributed by atoms with Crippen molar-refractivity contribution in [3.63, 3.8) is 0 Å². The molecular weight excluding hydrogens is 320 g/mol. The van der Waals surface area contributed by atoms with E-state index >= 15 is 0 Å². The molecule has 0 spiro atoms. The van der Waals surface area contributed by atoms with Crippen molar-refractivity contribution in [3.05, 3.63) is 11.6 Å². The first-order chi connectivity index (χ1) is 10.2. The summed E-state index contributed by atoms with van der Waals surface area (Å²) in [4.78, 5) is 17.9. The van der Waals surface area contributed by atoms with Crippen molar-refractivity contribution in [1.82, 2.24) is 4.98 Å². The molecule has 0 N–H and O–H groups in total. The maximum Gasteiger partial charge on any atom is 0.418 e. The molecule has 0 bridgehead atoms. The SMILES string of the molecule is C[C@H](CCOCN(C(=O)OC(C)(C)C)c1nccs1)[S+](C)C. The van der Waals surface area contributed by atoms with Gasteiger partial charge in [0.05, 0.1) is 19.1 Å². The molecule has 1 aromatic heterocycles. The molecule has 5 nitrogen and oxygen atoms in total. The Morgan fingerprint density at radius 3 is 2.64 bits per heavy atom. The fourth-order valence-corrected chi connectivity index (χ4v) is 2.68. The van der Waals surface area contributed by atoms with E-state index in [1.807, 2.05) is 26.2 Å². The van der Waals surface area contributed by atoms with Gasteiger partial charge in [0.25, 0.3) is 0 Å². The molecule has 1 amide bonds. The number of aromatic nitrogens is 1. The Balaban J connectivity index is 2.55. The van der Waals surface area contributed by atoms with E-state index in [4.69, 9.17) is 9.47 Å². The molecule has 0 aliphatic carbocycles. The summed E-state index contributed by atoms with van der Waals surface area (Å²) in [6.45, 7) is 8.54. The number of ether oxygens (including phenoxy) is 2. The van der Waals surface area contributed by atoms with E-state index in [0.717, 1.165) is 6.42 Å². The van der Waals surface area contributed by atoms with Gasteiger partial charge in [0.2, 0.25) is 0 Å². The third-order valence-electron chi connectivity index (χ3n) is 2.96. The fraction of sp³-hybridized carbons (Fsp3) is 0.733. The first-order valence-electron chi connectivity index (χ1n) is 7.25. The van der Waals surface area contributed by atoms with Crippen LogP contribution in [0.15, 0.2) is 11.6 Å². The van der Waals surface area contributed by atoms with Gasteiger partial charge in [-0.1, -0.05) is 0 Å². The van der Waals surface area contributed by atoms with Crippen LogP contribution >= 0.6 is 11.3 Å². The van der Waals surface area contributed by atoms with Gasteiger partial charge < -0.3 is 9.47 Å². The lowest BCUT2D eigenvalue weighted by Crippen LogP contribution is -2.38. The van der Waals surface area contributed by atoms with E-state index in [2.05, 4.69) is 24.4 Å². The van der Waals surface area contributed by atoms with Gasteiger partial charge in [0.15, 0.2) is 5.13 Å².